The summed E-state index contributed by atoms with van der Waals surface area (Å²) < 4.78 is 14.3. The zero-order chi connectivity index (χ0) is 19.4. The number of amides is 1. The van der Waals surface area contributed by atoms with Crippen molar-refractivity contribution in [3.63, 3.8) is 0 Å². The minimum Gasteiger partial charge on any atom is -0.365 e. The fourth-order valence-electron chi connectivity index (χ4n) is 2.72. The second kappa shape index (κ2) is 7.96. The van der Waals surface area contributed by atoms with E-state index in [1.54, 1.807) is 12.3 Å². The first-order valence-electron chi connectivity index (χ1n) is 8.56. The van der Waals surface area contributed by atoms with Crippen LogP contribution in [-0.4, -0.2) is 28.5 Å². The predicted molar refractivity (Wildman–Crippen MR) is 104 cm³/mol. The van der Waals surface area contributed by atoms with Crippen molar-refractivity contribution in [1.82, 2.24) is 9.97 Å². The van der Waals surface area contributed by atoms with Crippen LogP contribution in [0.15, 0.2) is 42.6 Å². The van der Waals surface area contributed by atoms with Gasteiger partial charge in [0.15, 0.2) is 11.6 Å². The molecule has 0 saturated carbocycles. The molecule has 1 amide bonds. The third kappa shape index (κ3) is 4.29. The fraction of sp³-hybridized carbons (Fsp3) is 0.211. The van der Waals surface area contributed by atoms with Crippen LogP contribution in [0.3, 0.4) is 0 Å². The van der Waals surface area contributed by atoms with Crippen molar-refractivity contribution in [2.45, 2.75) is 19.4 Å². The lowest BCUT2D eigenvalue weighted by molar-refractivity contribution is 0.100. The van der Waals surface area contributed by atoms with E-state index in [1.807, 2.05) is 31.2 Å². The Balaban J connectivity index is 1.96. The second-order valence-corrected chi connectivity index (χ2v) is 6.24. The number of aromatic nitrogens is 2. The molecule has 27 heavy (non-hydrogen) atoms. The van der Waals surface area contributed by atoms with Crippen LogP contribution in [0, 0.1) is 5.82 Å². The summed E-state index contributed by atoms with van der Waals surface area (Å²) in [4.78, 5) is 20.2. The number of benzene rings is 1. The first-order valence-corrected chi connectivity index (χ1v) is 8.56. The molecule has 3 rings (SSSR count). The van der Waals surface area contributed by atoms with Gasteiger partial charge >= 0.3 is 0 Å². The van der Waals surface area contributed by atoms with Crippen LogP contribution in [0.4, 0.5) is 21.7 Å². The van der Waals surface area contributed by atoms with Gasteiger partial charge in [0, 0.05) is 23.3 Å². The normalized spacial score (nSPS) is 12.0. The van der Waals surface area contributed by atoms with Crippen LogP contribution in [0.5, 0.6) is 0 Å². The van der Waals surface area contributed by atoms with Crippen molar-refractivity contribution in [3.05, 3.63) is 54.0 Å². The van der Waals surface area contributed by atoms with E-state index in [2.05, 4.69) is 20.6 Å². The Morgan fingerprint density at radius 2 is 2.07 bits per heavy atom. The average molecular weight is 368 g/mol. The molecule has 140 valence electrons. The Morgan fingerprint density at radius 1 is 1.26 bits per heavy atom. The molecule has 8 heteroatoms. The summed E-state index contributed by atoms with van der Waals surface area (Å²) in [6.07, 6.45) is 2.36. The van der Waals surface area contributed by atoms with E-state index in [4.69, 9.17) is 11.5 Å². The predicted octanol–water partition coefficient (Wildman–Crippen LogP) is 2.76. The van der Waals surface area contributed by atoms with Crippen molar-refractivity contribution < 1.29 is 9.18 Å². The van der Waals surface area contributed by atoms with Gasteiger partial charge in [0.25, 0.3) is 5.91 Å². The number of nitrogens with one attached hydrogen (secondary N) is 2. The molecule has 0 bridgehead atoms. The van der Waals surface area contributed by atoms with Gasteiger partial charge in [-0.3, -0.25) is 9.78 Å². The summed E-state index contributed by atoms with van der Waals surface area (Å²) in [5.41, 5.74) is 12.4. The first-order chi connectivity index (χ1) is 13.0. The molecule has 1 atom stereocenters. The van der Waals surface area contributed by atoms with Gasteiger partial charge in [-0.2, -0.15) is 0 Å². The lowest BCUT2D eigenvalue weighted by Gasteiger charge is -2.17. The highest BCUT2D eigenvalue weighted by atomic mass is 19.1. The van der Waals surface area contributed by atoms with Gasteiger partial charge in [-0.15, -0.1) is 0 Å². The highest BCUT2D eigenvalue weighted by Gasteiger charge is 2.17. The molecule has 0 unspecified atom stereocenters. The molecule has 0 fully saturated rings. The standard InChI is InChI=1S/C19H21FN6O/c1-11(6-7-21)24-19-15(20)10-14(17(22)27)18(26-19)25-13-4-5-16-12(9-13)3-2-8-23-16/h2-5,8-11H,6-7,21H2,1H3,(H2,22,27)(H2,24,25,26)/t11-/m1/s1. The maximum atomic E-state index is 14.3. The lowest BCUT2D eigenvalue weighted by Crippen LogP contribution is -2.22. The van der Waals surface area contributed by atoms with E-state index in [-0.39, 0.29) is 23.2 Å². The number of hydrogen-bond acceptors (Lipinski definition) is 6. The molecule has 0 saturated heterocycles. The van der Waals surface area contributed by atoms with Crippen LogP contribution in [0.25, 0.3) is 10.9 Å². The van der Waals surface area contributed by atoms with Gasteiger partial charge in [-0.05, 0) is 50.2 Å². The molecular formula is C19H21FN6O. The summed E-state index contributed by atoms with van der Waals surface area (Å²) in [5, 5.41) is 6.93. The number of primary amides is 1. The van der Waals surface area contributed by atoms with Crippen molar-refractivity contribution in [1.29, 1.82) is 0 Å². The number of carbonyl (C=O) groups excluding carboxylic acids is 1. The highest BCUT2D eigenvalue weighted by molar-refractivity contribution is 5.99. The monoisotopic (exact) mass is 368 g/mol. The highest BCUT2D eigenvalue weighted by Crippen LogP contribution is 2.26. The Labute approximate surface area is 156 Å². The molecule has 2 aromatic heterocycles. The second-order valence-electron chi connectivity index (χ2n) is 6.24. The van der Waals surface area contributed by atoms with Gasteiger partial charge in [0.2, 0.25) is 0 Å². The molecule has 6 N–H and O–H groups in total. The Morgan fingerprint density at radius 3 is 2.81 bits per heavy atom. The maximum absolute atomic E-state index is 14.3. The zero-order valence-electron chi connectivity index (χ0n) is 14.9. The molecule has 2 heterocycles. The lowest BCUT2D eigenvalue weighted by atomic mass is 10.2. The van der Waals surface area contributed by atoms with E-state index in [0.717, 1.165) is 17.0 Å². The minimum atomic E-state index is -0.770. The summed E-state index contributed by atoms with van der Waals surface area (Å²) in [6.45, 7) is 2.34. The molecule has 0 aliphatic heterocycles. The molecule has 3 aromatic rings. The molecular weight excluding hydrogens is 347 g/mol. The van der Waals surface area contributed by atoms with Crippen LogP contribution < -0.4 is 22.1 Å². The zero-order valence-corrected chi connectivity index (χ0v) is 14.9. The number of fused-ring (bicyclic) bond motifs is 1. The molecule has 0 radical (unpaired) electrons. The van der Waals surface area contributed by atoms with Crippen molar-refractivity contribution in [3.8, 4) is 0 Å². The largest absolute Gasteiger partial charge is 0.365 e. The Hall–Kier alpha value is -3.26. The maximum Gasteiger partial charge on any atom is 0.252 e. The summed E-state index contributed by atoms with van der Waals surface area (Å²) in [6, 6.07) is 10.3. The molecule has 0 aliphatic carbocycles. The van der Waals surface area contributed by atoms with Gasteiger partial charge in [0.1, 0.15) is 5.82 Å². The summed E-state index contributed by atoms with van der Waals surface area (Å²) in [5.74, 6) is -1.21. The number of halogens is 1. The number of carbonyl (C=O) groups is 1. The van der Waals surface area contributed by atoms with Crippen LogP contribution >= 0.6 is 0 Å². The fourth-order valence-corrected chi connectivity index (χ4v) is 2.72. The van der Waals surface area contributed by atoms with Crippen LogP contribution in [0.2, 0.25) is 0 Å². The number of anilines is 3. The Kier molecular flexibility index (Phi) is 5.46. The SMILES string of the molecule is C[C@H](CCN)Nc1nc(Nc2ccc3ncccc3c2)c(C(N)=O)cc1F. The van der Waals surface area contributed by atoms with E-state index in [9.17, 15) is 9.18 Å². The third-order valence-corrected chi connectivity index (χ3v) is 4.09. The molecule has 0 spiro atoms. The van der Waals surface area contributed by atoms with Gasteiger partial charge in [0.05, 0.1) is 11.1 Å². The van der Waals surface area contributed by atoms with E-state index in [1.165, 1.54) is 0 Å². The van der Waals surface area contributed by atoms with Gasteiger partial charge in [-0.1, -0.05) is 6.07 Å². The number of pyridine rings is 2. The quantitative estimate of drug-likeness (QED) is 0.509. The van der Waals surface area contributed by atoms with Crippen LogP contribution in [0.1, 0.15) is 23.7 Å². The number of nitrogens with two attached hydrogens (primary N) is 2. The molecule has 1 aromatic carbocycles. The minimum absolute atomic E-state index is 0.0317. The summed E-state index contributed by atoms with van der Waals surface area (Å²) in [7, 11) is 0. The molecule has 7 nitrogen and oxygen atoms in total. The van der Waals surface area contributed by atoms with Crippen LogP contribution in [-0.2, 0) is 0 Å². The molecule has 0 aliphatic rings. The number of rotatable bonds is 7. The topological polar surface area (TPSA) is 119 Å². The van der Waals surface area contributed by atoms with Gasteiger partial charge in [-0.25, -0.2) is 9.37 Å². The number of hydrogen-bond donors (Lipinski definition) is 4. The average Bonchev–Trinajstić information content (AvgIpc) is 2.64. The Bertz CT molecular complexity index is 978. The first kappa shape index (κ1) is 18.5. The van der Waals surface area contributed by atoms with E-state index < -0.39 is 11.7 Å². The summed E-state index contributed by atoms with van der Waals surface area (Å²) >= 11 is 0. The smallest absolute Gasteiger partial charge is 0.252 e. The third-order valence-electron chi connectivity index (χ3n) is 4.09. The van der Waals surface area contributed by atoms with Crippen molar-refractivity contribution in [2.24, 2.45) is 11.5 Å². The number of nitrogens with zero attached hydrogens (tertiary/aromatic N) is 2. The van der Waals surface area contributed by atoms with Gasteiger partial charge < -0.3 is 22.1 Å². The van der Waals surface area contributed by atoms with Crippen molar-refractivity contribution in [2.75, 3.05) is 17.2 Å². The van der Waals surface area contributed by atoms with E-state index in [0.29, 0.717) is 18.7 Å². The van der Waals surface area contributed by atoms with E-state index >= 15 is 0 Å². The van der Waals surface area contributed by atoms with Crippen molar-refractivity contribution >= 4 is 34.1 Å².